The summed E-state index contributed by atoms with van der Waals surface area (Å²) in [6, 6.07) is 17.4. The minimum absolute atomic E-state index is 0.00126. The predicted molar refractivity (Wildman–Crippen MR) is 182 cm³/mol. The number of aromatic nitrogens is 2. The van der Waals surface area contributed by atoms with Crippen LogP contribution in [0.4, 0.5) is 26.6 Å². The van der Waals surface area contributed by atoms with Gasteiger partial charge in [0.1, 0.15) is 28.6 Å². The molecule has 0 spiro atoms. The highest BCUT2D eigenvalue weighted by Crippen LogP contribution is 2.29. The van der Waals surface area contributed by atoms with Gasteiger partial charge in [-0.1, -0.05) is 18.6 Å². The van der Waals surface area contributed by atoms with Crippen LogP contribution in [0.3, 0.4) is 0 Å². The molecule has 1 fully saturated rings. The highest BCUT2D eigenvalue weighted by Gasteiger charge is 2.25. The number of piperidine rings is 1. The number of nitrogens with one attached hydrogen (secondary N) is 1. The third kappa shape index (κ3) is 9.35. The van der Waals surface area contributed by atoms with Crippen molar-refractivity contribution in [3.05, 3.63) is 89.9 Å². The van der Waals surface area contributed by atoms with Crippen molar-refractivity contribution < 1.29 is 37.7 Å². The zero-order valence-corrected chi connectivity index (χ0v) is 27.8. The van der Waals surface area contributed by atoms with Crippen LogP contribution in [0.5, 0.6) is 23.0 Å². The number of nitrogens with zero attached hydrogens (tertiary/aromatic N) is 4. The molecule has 4 aromatic rings. The number of benzene rings is 3. The van der Waals surface area contributed by atoms with Gasteiger partial charge in [-0.25, -0.2) is 19.0 Å². The topological polar surface area (TPSA) is 125 Å². The summed E-state index contributed by atoms with van der Waals surface area (Å²) in [5.41, 5.74) is 1.03. The summed E-state index contributed by atoms with van der Waals surface area (Å²) in [4.78, 5) is 38.7. The van der Waals surface area contributed by atoms with Gasteiger partial charge in [-0.3, -0.25) is 4.90 Å². The first-order chi connectivity index (χ1) is 23.9. The maximum Gasteiger partial charge on any atom is 0.421 e. The number of carbonyl (C=O) groups is 2. The van der Waals surface area contributed by atoms with E-state index in [-0.39, 0.29) is 35.4 Å². The number of carbonyl (C=O) groups excluding carboxylic acids is 2. The molecule has 13 heteroatoms. The van der Waals surface area contributed by atoms with Crippen LogP contribution in [0.1, 0.15) is 41.6 Å². The van der Waals surface area contributed by atoms with Crippen molar-refractivity contribution in [1.82, 2.24) is 14.9 Å². The van der Waals surface area contributed by atoms with E-state index in [9.17, 15) is 9.59 Å². The molecule has 12 nitrogen and oxygen atoms in total. The van der Waals surface area contributed by atoms with Crippen LogP contribution < -0.4 is 29.2 Å². The van der Waals surface area contributed by atoms with E-state index < -0.39 is 17.9 Å². The molecular weight excluding hydrogens is 633 g/mol. The van der Waals surface area contributed by atoms with Crippen molar-refractivity contribution in [2.45, 2.75) is 32.2 Å². The average molecular weight is 674 g/mol. The molecule has 0 aliphatic carbocycles. The number of likely N-dealkylation sites (tertiary alicyclic amines) is 1. The van der Waals surface area contributed by atoms with Crippen molar-refractivity contribution in [2.75, 3.05) is 57.8 Å². The van der Waals surface area contributed by atoms with Gasteiger partial charge in [0.2, 0.25) is 5.95 Å². The van der Waals surface area contributed by atoms with E-state index in [0.29, 0.717) is 29.4 Å². The molecule has 0 atom stereocenters. The normalized spacial score (nSPS) is 12.9. The van der Waals surface area contributed by atoms with Crippen LogP contribution in [-0.2, 0) is 11.3 Å². The van der Waals surface area contributed by atoms with Crippen LogP contribution in [0.25, 0.3) is 0 Å². The van der Waals surface area contributed by atoms with Crippen LogP contribution in [0.15, 0.2) is 72.9 Å². The van der Waals surface area contributed by atoms with E-state index in [0.717, 1.165) is 26.1 Å². The van der Waals surface area contributed by atoms with Gasteiger partial charge in [-0.05, 0) is 80.9 Å². The Kier molecular flexibility index (Phi) is 12.2. The number of para-hydroxylation sites is 1. The first-order valence-corrected chi connectivity index (χ1v) is 16.0. The zero-order valence-electron chi connectivity index (χ0n) is 27.8. The first kappa shape index (κ1) is 34.9. The Hall–Kier alpha value is -5.43. The summed E-state index contributed by atoms with van der Waals surface area (Å²) in [6.45, 7) is 3.50. The second-order valence-electron chi connectivity index (χ2n) is 11.2. The summed E-state index contributed by atoms with van der Waals surface area (Å²) in [5.74, 6) is 0.241. The van der Waals surface area contributed by atoms with Crippen molar-refractivity contribution in [1.29, 1.82) is 0 Å². The summed E-state index contributed by atoms with van der Waals surface area (Å²) in [7, 11) is 4.28. The molecule has 1 aromatic heterocycles. The van der Waals surface area contributed by atoms with E-state index >= 15 is 4.39 Å². The lowest BCUT2D eigenvalue weighted by Gasteiger charge is -2.26. The van der Waals surface area contributed by atoms with Crippen molar-refractivity contribution in [3.8, 4) is 23.0 Å². The molecule has 0 unspecified atom stereocenters. The highest BCUT2D eigenvalue weighted by atomic mass is 19.1. The molecule has 0 radical (unpaired) electrons. The number of hydrogen-bond donors (Lipinski definition) is 1. The molecule has 1 amide bonds. The van der Waals surface area contributed by atoms with Crippen LogP contribution in [0, 0.1) is 5.82 Å². The van der Waals surface area contributed by atoms with E-state index in [1.54, 1.807) is 42.5 Å². The summed E-state index contributed by atoms with van der Waals surface area (Å²) >= 11 is 0. The first-order valence-electron chi connectivity index (χ1n) is 16.0. The summed E-state index contributed by atoms with van der Waals surface area (Å²) in [6.07, 6.45) is 5.15. The predicted octanol–water partition coefficient (Wildman–Crippen LogP) is 6.62. The quantitative estimate of drug-likeness (QED) is 0.115. The van der Waals surface area contributed by atoms with Crippen LogP contribution in [-0.4, -0.2) is 74.5 Å². The molecule has 0 saturated carbocycles. The number of hydrogen-bond acceptors (Lipinski definition) is 11. The number of amides is 1. The van der Waals surface area contributed by atoms with E-state index in [4.69, 9.17) is 23.7 Å². The number of esters is 1. The number of anilines is 3. The average Bonchev–Trinajstić information content (AvgIpc) is 3.13. The molecule has 1 aliphatic heterocycles. The molecule has 49 heavy (non-hydrogen) atoms. The van der Waals surface area contributed by atoms with Crippen molar-refractivity contribution in [3.63, 3.8) is 0 Å². The number of methoxy groups -OCH3 is 3. The fraction of sp³-hybridized carbons (Fsp3) is 0.333. The lowest BCUT2D eigenvalue weighted by Crippen LogP contribution is -2.34. The fourth-order valence-corrected chi connectivity index (χ4v) is 5.44. The SMILES string of the molecule is COC(=O)c1ccccc1OC(=O)N(Cc1cc(OC)ccc1OC)c1ccnc(Nc2ccc(OCCCN3CCCCC3)c(F)c2)n1. The Balaban J connectivity index is 1.34. The van der Waals surface area contributed by atoms with Crippen LogP contribution in [0.2, 0.25) is 0 Å². The third-order valence-electron chi connectivity index (χ3n) is 7.96. The van der Waals surface area contributed by atoms with Crippen molar-refractivity contribution in [2.24, 2.45) is 0 Å². The fourth-order valence-electron chi connectivity index (χ4n) is 5.44. The van der Waals surface area contributed by atoms with Crippen molar-refractivity contribution >= 4 is 29.5 Å². The zero-order chi connectivity index (χ0) is 34.6. The second-order valence-corrected chi connectivity index (χ2v) is 11.2. The smallest absolute Gasteiger partial charge is 0.421 e. The Morgan fingerprint density at radius 1 is 0.918 bits per heavy atom. The van der Waals surface area contributed by atoms with Gasteiger partial charge < -0.3 is 33.9 Å². The number of halogens is 1. The molecule has 1 aliphatic rings. The van der Waals surface area contributed by atoms with Gasteiger partial charge in [-0.15, -0.1) is 0 Å². The largest absolute Gasteiger partial charge is 0.497 e. The maximum absolute atomic E-state index is 15.0. The second kappa shape index (κ2) is 17.1. The molecule has 1 saturated heterocycles. The minimum Gasteiger partial charge on any atom is -0.497 e. The van der Waals surface area contributed by atoms with E-state index in [2.05, 4.69) is 20.2 Å². The Bertz CT molecular complexity index is 1730. The number of ether oxygens (including phenoxy) is 5. The molecular formula is C36H40FN5O7. The van der Waals surface area contributed by atoms with Gasteiger partial charge in [0.15, 0.2) is 11.6 Å². The van der Waals surface area contributed by atoms with Gasteiger partial charge in [0.25, 0.3) is 0 Å². The molecule has 258 valence electrons. The Morgan fingerprint density at radius 3 is 2.47 bits per heavy atom. The van der Waals surface area contributed by atoms with Gasteiger partial charge in [0, 0.05) is 30.1 Å². The molecule has 1 N–H and O–H groups in total. The van der Waals surface area contributed by atoms with Crippen LogP contribution >= 0.6 is 0 Å². The van der Waals surface area contributed by atoms with Gasteiger partial charge in [0.05, 0.1) is 34.5 Å². The number of rotatable bonds is 14. The summed E-state index contributed by atoms with van der Waals surface area (Å²) < 4.78 is 42.2. The van der Waals surface area contributed by atoms with Gasteiger partial charge in [-0.2, -0.15) is 4.98 Å². The third-order valence-corrected chi connectivity index (χ3v) is 7.96. The van der Waals surface area contributed by atoms with Gasteiger partial charge >= 0.3 is 12.1 Å². The molecule has 2 heterocycles. The molecule has 3 aromatic carbocycles. The molecule has 0 bridgehead atoms. The lowest BCUT2D eigenvalue weighted by atomic mass is 10.1. The monoisotopic (exact) mass is 673 g/mol. The lowest BCUT2D eigenvalue weighted by molar-refractivity contribution is 0.0598. The molecule has 5 rings (SSSR count). The Labute approximate surface area is 284 Å². The highest BCUT2D eigenvalue weighted by molar-refractivity contribution is 5.95. The summed E-state index contributed by atoms with van der Waals surface area (Å²) in [5, 5.41) is 2.99. The maximum atomic E-state index is 15.0. The Morgan fingerprint density at radius 2 is 1.71 bits per heavy atom. The minimum atomic E-state index is -0.848. The standard InChI is InChI=1S/C36H40FN5O7/c1-45-27-13-15-30(46-2)25(22-27)24-42(36(44)49-31-11-6-5-10-28(31)34(43)47-3)33-16-17-38-35(40-33)39-26-12-14-32(29(37)23-26)48-21-9-20-41-18-7-4-8-19-41/h5-6,10-17,22-23H,4,7-9,18-21,24H2,1-3H3,(H,38,39,40). The van der Waals surface area contributed by atoms with E-state index in [1.807, 2.05) is 0 Å². The van der Waals surface area contributed by atoms with E-state index in [1.165, 1.54) is 76.0 Å².